The number of benzene rings is 3. The summed E-state index contributed by atoms with van der Waals surface area (Å²) < 4.78 is 2.10. The van der Waals surface area contributed by atoms with Gasteiger partial charge in [0.15, 0.2) is 5.82 Å². The van der Waals surface area contributed by atoms with Crippen molar-refractivity contribution < 1.29 is 0 Å². The molecule has 2 heterocycles. The summed E-state index contributed by atoms with van der Waals surface area (Å²) >= 11 is 0. The Bertz CT molecular complexity index is 1350. The topological polar surface area (TPSA) is 58.9 Å². The van der Waals surface area contributed by atoms with Gasteiger partial charge in [-0.2, -0.15) is 5.10 Å². The maximum absolute atomic E-state index is 4.61. The quantitative estimate of drug-likeness (QED) is 0.460. The van der Waals surface area contributed by atoms with Gasteiger partial charge in [0.25, 0.3) is 0 Å². The van der Waals surface area contributed by atoms with E-state index in [0.717, 1.165) is 44.7 Å². The van der Waals surface area contributed by atoms with Crippen molar-refractivity contribution in [2.75, 3.05) is 24.3 Å². The fraction of sp³-hybridized carbons (Fsp3) is 0.125. The first-order chi connectivity index (χ1) is 14.6. The minimum absolute atomic E-state index is 0.745. The predicted octanol–water partition coefficient (Wildman–Crippen LogP) is 5.09. The number of aromatic nitrogens is 4. The number of nitrogens with zero attached hydrogens (tertiary/aromatic N) is 5. The molecule has 0 aliphatic rings. The van der Waals surface area contributed by atoms with Crippen LogP contribution in [0.4, 0.5) is 17.2 Å². The first-order valence-corrected chi connectivity index (χ1v) is 9.84. The Kier molecular flexibility index (Phi) is 4.32. The van der Waals surface area contributed by atoms with Crippen LogP contribution in [0.2, 0.25) is 0 Å². The number of hydrogen-bond acceptors (Lipinski definition) is 5. The van der Waals surface area contributed by atoms with Crippen molar-refractivity contribution in [1.82, 2.24) is 19.7 Å². The van der Waals surface area contributed by atoms with Gasteiger partial charge < -0.3 is 10.2 Å². The first kappa shape index (κ1) is 18.1. The van der Waals surface area contributed by atoms with Crippen LogP contribution >= 0.6 is 0 Å². The zero-order valence-electron chi connectivity index (χ0n) is 17.2. The van der Waals surface area contributed by atoms with Gasteiger partial charge >= 0.3 is 0 Å². The number of fused-ring (bicyclic) bond motifs is 2. The summed E-state index contributed by atoms with van der Waals surface area (Å²) in [5, 5.41) is 14.2. The maximum Gasteiger partial charge on any atom is 0.160 e. The zero-order chi connectivity index (χ0) is 20.7. The van der Waals surface area contributed by atoms with Crippen molar-refractivity contribution >= 4 is 39.0 Å². The average molecular weight is 394 g/mol. The molecule has 5 rings (SSSR count). The molecule has 0 saturated heterocycles. The molecule has 0 aliphatic carbocycles. The van der Waals surface area contributed by atoms with Gasteiger partial charge in [0.1, 0.15) is 6.33 Å². The normalized spacial score (nSPS) is 11.2. The second kappa shape index (κ2) is 7.15. The Hall–Kier alpha value is -3.93. The SMILES string of the molecule is Cc1nnc(Nc2ccc3c(c2)ncn3-c2ccc(N(C)C)cc2)c2ccccc12. The van der Waals surface area contributed by atoms with E-state index in [9.17, 15) is 0 Å². The van der Waals surface area contributed by atoms with E-state index < -0.39 is 0 Å². The Morgan fingerprint density at radius 1 is 0.867 bits per heavy atom. The van der Waals surface area contributed by atoms with Crippen LogP contribution < -0.4 is 10.2 Å². The summed E-state index contributed by atoms with van der Waals surface area (Å²) in [4.78, 5) is 6.70. The van der Waals surface area contributed by atoms with Crippen molar-refractivity contribution in [1.29, 1.82) is 0 Å². The highest BCUT2D eigenvalue weighted by Crippen LogP contribution is 2.28. The molecule has 6 nitrogen and oxygen atoms in total. The van der Waals surface area contributed by atoms with Crippen molar-refractivity contribution in [3.8, 4) is 5.69 Å². The van der Waals surface area contributed by atoms with E-state index >= 15 is 0 Å². The Morgan fingerprint density at radius 2 is 1.63 bits per heavy atom. The number of hydrogen-bond donors (Lipinski definition) is 1. The Balaban J connectivity index is 1.49. The fourth-order valence-electron chi connectivity index (χ4n) is 3.67. The third kappa shape index (κ3) is 3.12. The highest BCUT2D eigenvalue weighted by molar-refractivity contribution is 5.94. The second-order valence-electron chi connectivity index (χ2n) is 7.53. The lowest BCUT2D eigenvalue weighted by Gasteiger charge is -2.13. The largest absolute Gasteiger partial charge is 0.378 e. The van der Waals surface area contributed by atoms with Gasteiger partial charge in [0.05, 0.1) is 16.7 Å². The van der Waals surface area contributed by atoms with E-state index in [1.54, 1.807) is 0 Å². The summed E-state index contributed by atoms with van der Waals surface area (Å²) in [5.41, 5.74) is 6.07. The molecule has 0 radical (unpaired) electrons. The van der Waals surface area contributed by atoms with Crippen LogP contribution in [0.1, 0.15) is 5.69 Å². The Labute approximate surface area is 174 Å². The molecule has 0 unspecified atom stereocenters. The number of nitrogens with one attached hydrogen (secondary N) is 1. The lowest BCUT2D eigenvalue weighted by atomic mass is 10.1. The van der Waals surface area contributed by atoms with Crippen LogP contribution in [0.15, 0.2) is 73.1 Å². The monoisotopic (exact) mass is 394 g/mol. The van der Waals surface area contributed by atoms with Gasteiger partial charge in [-0.05, 0) is 49.4 Å². The van der Waals surface area contributed by atoms with E-state index in [1.165, 1.54) is 5.69 Å². The van der Waals surface area contributed by atoms with Gasteiger partial charge in [-0.3, -0.25) is 4.57 Å². The number of imidazole rings is 1. The van der Waals surface area contributed by atoms with Crippen LogP contribution in [0, 0.1) is 6.92 Å². The highest BCUT2D eigenvalue weighted by Gasteiger charge is 2.09. The minimum Gasteiger partial charge on any atom is -0.378 e. The highest BCUT2D eigenvalue weighted by atomic mass is 15.2. The van der Waals surface area contributed by atoms with Crippen molar-refractivity contribution in [3.63, 3.8) is 0 Å². The van der Waals surface area contributed by atoms with Gasteiger partial charge in [0, 0.05) is 41.9 Å². The van der Waals surface area contributed by atoms with Gasteiger partial charge in [-0.15, -0.1) is 5.10 Å². The van der Waals surface area contributed by atoms with E-state index in [4.69, 9.17) is 0 Å². The lowest BCUT2D eigenvalue weighted by molar-refractivity contribution is 1.01. The van der Waals surface area contributed by atoms with Crippen LogP contribution in [-0.2, 0) is 0 Å². The summed E-state index contributed by atoms with van der Waals surface area (Å²) in [6, 6.07) is 22.8. The average Bonchev–Trinajstić information content (AvgIpc) is 3.19. The lowest BCUT2D eigenvalue weighted by Crippen LogP contribution is -2.08. The summed E-state index contributed by atoms with van der Waals surface area (Å²) in [7, 11) is 4.08. The van der Waals surface area contributed by atoms with E-state index in [0.29, 0.717) is 0 Å². The fourth-order valence-corrected chi connectivity index (χ4v) is 3.67. The molecule has 2 aromatic heterocycles. The molecule has 0 fully saturated rings. The molecule has 0 aliphatic heterocycles. The van der Waals surface area contributed by atoms with Crippen LogP contribution in [0.3, 0.4) is 0 Å². The molecule has 148 valence electrons. The molecular formula is C24H22N6. The molecule has 0 atom stereocenters. The van der Waals surface area contributed by atoms with Gasteiger partial charge in [0.2, 0.25) is 0 Å². The summed E-state index contributed by atoms with van der Waals surface area (Å²) in [6.45, 7) is 1.98. The predicted molar refractivity (Wildman–Crippen MR) is 123 cm³/mol. The number of aryl methyl sites for hydroxylation is 1. The van der Waals surface area contributed by atoms with E-state index in [1.807, 2.05) is 51.6 Å². The first-order valence-electron chi connectivity index (χ1n) is 9.84. The molecule has 0 bridgehead atoms. The molecular weight excluding hydrogens is 372 g/mol. The number of rotatable bonds is 4. The van der Waals surface area contributed by atoms with Crippen LogP contribution in [0.5, 0.6) is 0 Å². The molecule has 0 spiro atoms. The Morgan fingerprint density at radius 3 is 2.40 bits per heavy atom. The van der Waals surface area contributed by atoms with Crippen LogP contribution in [0.25, 0.3) is 27.5 Å². The minimum atomic E-state index is 0.745. The number of anilines is 3. The van der Waals surface area contributed by atoms with Crippen LogP contribution in [-0.4, -0.2) is 33.8 Å². The zero-order valence-corrected chi connectivity index (χ0v) is 17.2. The standard InChI is InChI=1S/C24H22N6/c1-16-20-6-4-5-7-21(20)24(28-27-16)26-17-8-13-23-22(14-17)25-15-30(23)19-11-9-18(10-12-19)29(2)3/h4-15H,1-3H3,(H,26,28). The molecule has 0 saturated carbocycles. The van der Waals surface area contributed by atoms with Crippen molar-refractivity contribution in [2.45, 2.75) is 6.92 Å². The summed E-state index contributed by atoms with van der Waals surface area (Å²) in [5.74, 6) is 0.745. The van der Waals surface area contributed by atoms with Gasteiger partial charge in [-0.1, -0.05) is 24.3 Å². The van der Waals surface area contributed by atoms with Gasteiger partial charge in [-0.25, -0.2) is 4.98 Å². The molecule has 0 amide bonds. The van der Waals surface area contributed by atoms with Crippen molar-refractivity contribution in [3.05, 3.63) is 78.8 Å². The smallest absolute Gasteiger partial charge is 0.160 e. The van der Waals surface area contributed by atoms with E-state index in [-0.39, 0.29) is 0 Å². The third-order valence-corrected chi connectivity index (χ3v) is 5.33. The second-order valence-corrected chi connectivity index (χ2v) is 7.53. The maximum atomic E-state index is 4.61. The third-order valence-electron chi connectivity index (χ3n) is 5.33. The van der Waals surface area contributed by atoms with E-state index in [2.05, 4.69) is 72.4 Å². The molecule has 5 aromatic rings. The molecule has 3 aromatic carbocycles. The molecule has 1 N–H and O–H groups in total. The summed E-state index contributed by atoms with van der Waals surface area (Å²) in [6.07, 6.45) is 1.86. The van der Waals surface area contributed by atoms with Crippen molar-refractivity contribution in [2.24, 2.45) is 0 Å². The molecule has 30 heavy (non-hydrogen) atoms. The molecule has 6 heteroatoms.